The monoisotopic (exact) mass is 352 g/mol. The largest absolute Gasteiger partial charge is 0.349 e. The number of rotatable bonds is 3. The molecule has 1 heterocycles. The van der Waals surface area contributed by atoms with Crippen LogP contribution in [0.1, 0.15) is 36.4 Å². The Labute approximate surface area is 152 Å². The number of amides is 2. The van der Waals surface area contributed by atoms with Crippen LogP contribution in [0.25, 0.3) is 0 Å². The molecular formula is C21H21FN2O2. The Morgan fingerprint density at radius 2 is 1.88 bits per heavy atom. The molecule has 4 nitrogen and oxygen atoms in total. The van der Waals surface area contributed by atoms with Crippen LogP contribution in [0.3, 0.4) is 0 Å². The van der Waals surface area contributed by atoms with Gasteiger partial charge in [0.1, 0.15) is 5.82 Å². The molecular weight excluding hydrogens is 331 g/mol. The normalized spacial score (nSPS) is 22.2. The minimum absolute atomic E-state index is 0.0161. The van der Waals surface area contributed by atoms with Gasteiger partial charge in [-0.15, -0.1) is 0 Å². The fourth-order valence-electron chi connectivity index (χ4n) is 3.95. The Kier molecular flexibility index (Phi) is 4.45. The number of benzene rings is 2. The Balaban J connectivity index is 1.45. The summed E-state index contributed by atoms with van der Waals surface area (Å²) in [6.07, 6.45) is 3.21. The first-order valence-electron chi connectivity index (χ1n) is 9.06. The number of carbonyl (C=O) groups is 2. The first-order chi connectivity index (χ1) is 12.6. The van der Waals surface area contributed by atoms with E-state index in [1.807, 2.05) is 12.1 Å². The van der Waals surface area contributed by atoms with Gasteiger partial charge < -0.3 is 10.2 Å². The maximum absolute atomic E-state index is 13.1. The van der Waals surface area contributed by atoms with E-state index in [4.69, 9.17) is 0 Å². The number of carbonyl (C=O) groups excluding carboxylic acids is 2. The summed E-state index contributed by atoms with van der Waals surface area (Å²) < 4.78 is 13.1. The molecule has 26 heavy (non-hydrogen) atoms. The van der Waals surface area contributed by atoms with E-state index in [1.54, 1.807) is 17.0 Å². The maximum atomic E-state index is 13.1. The van der Waals surface area contributed by atoms with Crippen molar-refractivity contribution in [3.8, 4) is 0 Å². The summed E-state index contributed by atoms with van der Waals surface area (Å²) in [5.74, 6) is -0.891. The summed E-state index contributed by atoms with van der Waals surface area (Å²) in [6.45, 7) is 0.338. The van der Waals surface area contributed by atoms with Crippen LogP contribution in [0.2, 0.25) is 0 Å². The minimum atomic E-state index is -0.373. The fraction of sp³-hybridized carbons (Fsp3) is 0.333. The van der Waals surface area contributed by atoms with Crippen LogP contribution >= 0.6 is 0 Å². The summed E-state index contributed by atoms with van der Waals surface area (Å²) in [4.78, 5) is 26.6. The Hall–Kier alpha value is -2.69. The van der Waals surface area contributed by atoms with E-state index >= 15 is 0 Å². The van der Waals surface area contributed by atoms with Gasteiger partial charge in [0.15, 0.2) is 0 Å². The predicted molar refractivity (Wildman–Crippen MR) is 97.1 cm³/mol. The van der Waals surface area contributed by atoms with Crippen LogP contribution in [-0.2, 0) is 16.0 Å². The summed E-state index contributed by atoms with van der Waals surface area (Å²) in [6, 6.07) is 14.0. The van der Waals surface area contributed by atoms with Gasteiger partial charge >= 0.3 is 0 Å². The van der Waals surface area contributed by atoms with Gasteiger partial charge in [0.2, 0.25) is 11.8 Å². The second-order valence-electron chi connectivity index (χ2n) is 7.03. The smallest absolute Gasteiger partial charge is 0.227 e. The molecule has 2 amide bonds. The van der Waals surface area contributed by atoms with Crippen LogP contribution < -0.4 is 10.2 Å². The molecule has 2 aromatic carbocycles. The van der Waals surface area contributed by atoms with Gasteiger partial charge in [-0.2, -0.15) is 0 Å². The van der Waals surface area contributed by atoms with Gasteiger partial charge in [-0.05, 0) is 54.7 Å². The molecule has 0 aromatic heterocycles. The van der Waals surface area contributed by atoms with E-state index in [0.29, 0.717) is 12.2 Å². The van der Waals surface area contributed by atoms with E-state index in [0.717, 1.165) is 19.3 Å². The maximum Gasteiger partial charge on any atom is 0.227 e. The lowest BCUT2D eigenvalue weighted by atomic mass is 9.87. The second-order valence-corrected chi connectivity index (χ2v) is 7.03. The molecule has 0 bridgehead atoms. The number of aryl methyl sites for hydroxylation is 1. The highest BCUT2D eigenvalue weighted by Gasteiger charge is 2.36. The van der Waals surface area contributed by atoms with Crippen molar-refractivity contribution in [2.24, 2.45) is 5.92 Å². The number of nitrogens with one attached hydrogen (secondary N) is 1. The highest BCUT2D eigenvalue weighted by Crippen LogP contribution is 2.31. The molecule has 1 fully saturated rings. The van der Waals surface area contributed by atoms with Gasteiger partial charge in [-0.1, -0.05) is 24.3 Å². The molecule has 2 atom stereocenters. The first-order valence-corrected chi connectivity index (χ1v) is 9.06. The zero-order valence-corrected chi connectivity index (χ0v) is 14.5. The van der Waals surface area contributed by atoms with Gasteiger partial charge in [0.05, 0.1) is 12.0 Å². The Morgan fingerprint density at radius 3 is 2.69 bits per heavy atom. The molecule has 134 valence electrons. The second kappa shape index (κ2) is 6.90. The molecule has 5 heteroatoms. The highest BCUT2D eigenvalue weighted by atomic mass is 19.1. The van der Waals surface area contributed by atoms with Gasteiger partial charge in [-0.25, -0.2) is 4.39 Å². The first kappa shape index (κ1) is 16.8. The van der Waals surface area contributed by atoms with Crippen molar-refractivity contribution in [1.29, 1.82) is 0 Å². The SMILES string of the molecule is O=C(N[C@@H]1CCCc2ccccc21)[C@H]1CC(=O)N(c2ccc(F)cc2)C1. The molecule has 2 aliphatic rings. The average Bonchev–Trinajstić information content (AvgIpc) is 3.05. The van der Waals surface area contributed by atoms with Crippen LogP contribution in [0.15, 0.2) is 48.5 Å². The summed E-state index contributed by atoms with van der Waals surface area (Å²) in [7, 11) is 0. The lowest BCUT2D eigenvalue weighted by Gasteiger charge is -2.27. The predicted octanol–water partition coefficient (Wildman–Crippen LogP) is 3.37. The molecule has 0 saturated carbocycles. The number of fused-ring (bicyclic) bond motifs is 1. The zero-order chi connectivity index (χ0) is 18.1. The van der Waals surface area contributed by atoms with E-state index in [2.05, 4.69) is 17.4 Å². The van der Waals surface area contributed by atoms with Crippen LogP contribution in [0.4, 0.5) is 10.1 Å². The van der Waals surface area contributed by atoms with Crippen molar-refractivity contribution in [1.82, 2.24) is 5.32 Å². The van der Waals surface area contributed by atoms with E-state index in [9.17, 15) is 14.0 Å². The molecule has 0 unspecified atom stereocenters. The Bertz CT molecular complexity index is 834. The van der Waals surface area contributed by atoms with E-state index in [-0.39, 0.29) is 36.0 Å². The quantitative estimate of drug-likeness (QED) is 0.921. The number of anilines is 1. The molecule has 0 spiro atoms. The lowest BCUT2D eigenvalue weighted by molar-refractivity contribution is -0.127. The number of halogens is 1. The third-order valence-electron chi connectivity index (χ3n) is 5.32. The molecule has 4 rings (SSSR count). The van der Waals surface area contributed by atoms with Crippen LogP contribution in [-0.4, -0.2) is 18.4 Å². The third-order valence-corrected chi connectivity index (χ3v) is 5.32. The molecule has 0 radical (unpaired) electrons. The number of nitrogens with zero attached hydrogens (tertiary/aromatic N) is 1. The summed E-state index contributed by atoms with van der Waals surface area (Å²) in [5, 5.41) is 3.14. The summed E-state index contributed by atoms with van der Waals surface area (Å²) in [5.41, 5.74) is 3.11. The lowest BCUT2D eigenvalue weighted by Crippen LogP contribution is -2.36. The fourth-order valence-corrected chi connectivity index (χ4v) is 3.95. The third kappa shape index (κ3) is 3.21. The zero-order valence-electron chi connectivity index (χ0n) is 14.5. The topological polar surface area (TPSA) is 49.4 Å². The molecule has 1 saturated heterocycles. The number of hydrogen-bond acceptors (Lipinski definition) is 2. The van der Waals surface area contributed by atoms with Gasteiger partial charge in [0, 0.05) is 18.7 Å². The van der Waals surface area contributed by atoms with Gasteiger partial charge in [0.25, 0.3) is 0 Å². The van der Waals surface area contributed by atoms with Crippen molar-refractivity contribution in [3.05, 3.63) is 65.5 Å². The van der Waals surface area contributed by atoms with E-state index < -0.39 is 0 Å². The average molecular weight is 352 g/mol. The van der Waals surface area contributed by atoms with Crippen LogP contribution in [0.5, 0.6) is 0 Å². The van der Waals surface area contributed by atoms with Crippen molar-refractivity contribution >= 4 is 17.5 Å². The minimum Gasteiger partial charge on any atom is -0.349 e. The van der Waals surface area contributed by atoms with Crippen molar-refractivity contribution in [3.63, 3.8) is 0 Å². The Morgan fingerprint density at radius 1 is 1.12 bits per heavy atom. The van der Waals surface area contributed by atoms with Gasteiger partial charge in [-0.3, -0.25) is 9.59 Å². The summed E-state index contributed by atoms with van der Waals surface area (Å²) >= 11 is 0. The van der Waals surface area contributed by atoms with E-state index in [1.165, 1.54) is 23.3 Å². The molecule has 1 aliphatic heterocycles. The van der Waals surface area contributed by atoms with Crippen molar-refractivity contribution in [2.75, 3.05) is 11.4 Å². The van der Waals surface area contributed by atoms with Crippen molar-refractivity contribution < 1.29 is 14.0 Å². The van der Waals surface area contributed by atoms with Crippen LogP contribution in [0, 0.1) is 11.7 Å². The van der Waals surface area contributed by atoms with Crippen molar-refractivity contribution in [2.45, 2.75) is 31.7 Å². The molecule has 1 aliphatic carbocycles. The number of hydrogen-bond donors (Lipinski definition) is 1. The highest BCUT2D eigenvalue weighted by molar-refractivity contribution is 6.00. The molecule has 1 N–H and O–H groups in total. The standard InChI is InChI=1S/C21H21FN2O2/c22-16-8-10-17(11-9-16)24-13-15(12-20(24)25)21(26)23-19-7-3-5-14-4-1-2-6-18(14)19/h1-2,4,6,8-11,15,19H,3,5,7,12-13H2,(H,23,26)/t15-,19+/m0/s1. The molecule has 2 aromatic rings.